The highest BCUT2D eigenvalue weighted by atomic mass is 16.6. The van der Waals surface area contributed by atoms with E-state index in [1.165, 1.54) is 0 Å². The van der Waals surface area contributed by atoms with Crippen LogP contribution in [0.1, 0.15) is 39.2 Å². The van der Waals surface area contributed by atoms with Gasteiger partial charge < -0.3 is 15.0 Å². The molecule has 1 aromatic rings. The number of aryl methyl sites for hydroxylation is 1. The molecular weight excluding hydrogens is 268 g/mol. The highest BCUT2D eigenvalue weighted by Crippen LogP contribution is 2.15. The van der Waals surface area contributed by atoms with Crippen LogP contribution in [0.4, 0.5) is 4.79 Å². The van der Waals surface area contributed by atoms with E-state index in [1.54, 1.807) is 9.58 Å². The van der Waals surface area contributed by atoms with Gasteiger partial charge in [0.05, 0.1) is 6.20 Å². The minimum absolute atomic E-state index is 0.213. The first-order valence-electron chi connectivity index (χ1n) is 7.52. The molecule has 0 aromatic carbocycles. The molecule has 0 saturated carbocycles. The zero-order valence-corrected chi connectivity index (χ0v) is 13.4. The minimum Gasteiger partial charge on any atom is -0.444 e. The number of likely N-dealkylation sites (tertiary alicyclic amines) is 1. The average molecular weight is 294 g/mol. The Balaban J connectivity index is 1.81. The van der Waals surface area contributed by atoms with Crippen molar-refractivity contribution in [1.29, 1.82) is 0 Å². The minimum atomic E-state index is -0.437. The summed E-state index contributed by atoms with van der Waals surface area (Å²) in [4.78, 5) is 13.9. The average Bonchev–Trinajstić information content (AvgIpc) is 2.81. The molecule has 0 bridgehead atoms. The summed E-state index contributed by atoms with van der Waals surface area (Å²) in [5.74, 6) is 0. The maximum absolute atomic E-state index is 12.1. The standard InChI is InChI=1S/C15H26N4O2/c1-15(2,3)21-14(20)19-7-5-6-13(11-19)16-8-12-9-17-18(4)10-12/h9-10,13,16H,5-8,11H2,1-4H3. The fourth-order valence-corrected chi connectivity index (χ4v) is 2.46. The van der Waals surface area contributed by atoms with Gasteiger partial charge in [-0.1, -0.05) is 0 Å². The highest BCUT2D eigenvalue weighted by Gasteiger charge is 2.27. The summed E-state index contributed by atoms with van der Waals surface area (Å²) < 4.78 is 7.23. The van der Waals surface area contributed by atoms with Gasteiger partial charge in [0.1, 0.15) is 5.60 Å². The van der Waals surface area contributed by atoms with E-state index in [0.717, 1.165) is 31.5 Å². The lowest BCUT2D eigenvalue weighted by Gasteiger charge is -2.34. The van der Waals surface area contributed by atoms with Crippen molar-refractivity contribution in [2.75, 3.05) is 13.1 Å². The highest BCUT2D eigenvalue weighted by molar-refractivity contribution is 5.68. The Bertz CT molecular complexity index is 478. The molecule has 118 valence electrons. The smallest absolute Gasteiger partial charge is 0.410 e. The number of aromatic nitrogens is 2. The molecule has 1 atom stereocenters. The van der Waals surface area contributed by atoms with E-state index < -0.39 is 5.60 Å². The Morgan fingerprint density at radius 2 is 2.29 bits per heavy atom. The zero-order valence-electron chi connectivity index (χ0n) is 13.4. The maximum Gasteiger partial charge on any atom is 0.410 e. The van der Waals surface area contributed by atoms with Gasteiger partial charge in [0.2, 0.25) is 0 Å². The first-order valence-corrected chi connectivity index (χ1v) is 7.52. The normalized spacial score (nSPS) is 19.6. The molecule has 2 heterocycles. The molecule has 21 heavy (non-hydrogen) atoms. The summed E-state index contributed by atoms with van der Waals surface area (Å²) in [7, 11) is 1.91. The first kappa shape index (κ1) is 15.8. The summed E-state index contributed by atoms with van der Waals surface area (Å²) in [5, 5.41) is 7.65. The number of carbonyl (C=O) groups excluding carboxylic acids is 1. The second-order valence-corrected chi connectivity index (χ2v) is 6.67. The molecule has 1 saturated heterocycles. The van der Waals surface area contributed by atoms with Crippen LogP contribution in [0.3, 0.4) is 0 Å². The number of amides is 1. The summed E-state index contributed by atoms with van der Waals surface area (Å²) in [6.07, 6.45) is 5.74. The molecule has 0 aliphatic carbocycles. The Hall–Kier alpha value is -1.56. The molecule has 1 aliphatic heterocycles. The van der Waals surface area contributed by atoms with E-state index in [4.69, 9.17) is 4.74 Å². The number of nitrogens with zero attached hydrogens (tertiary/aromatic N) is 3. The van der Waals surface area contributed by atoms with E-state index >= 15 is 0 Å². The van der Waals surface area contributed by atoms with Gasteiger partial charge in [0, 0.05) is 44.5 Å². The number of ether oxygens (including phenoxy) is 1. The van der Waals surface area contributed by atoms with Crippen molar-refractivity contribution in [2.45, 2.75) is 51.8 Å². The van der Waals surface area contributed by atoms with Crippen LogP contribution in [0.25, 0.3) is 0 Å². The summed E-state index contributed by atoms with van der Waals surface area (Å²) in [6.45, 7) is 7.95. The Labute approximate surface area is 126 Å². The van der Waals surface area contributed by atoms with Gasteiger partial charge >= 0.3 is 6.09 Å². The summed E-state index contributed by atoms with van der Waals surface area (Å²) in [5.41, 5.74) is 0.722. The quantitative estimate of drug-likeness (QED) is 0.925. The Morgan fingerprint density at radius 1 is 1.52 bits per heavy atom. The van der Waals surface area contributed by atoms with Crippen LogP contribution in [0.5, 0.6) is 0 Å². The molecule has 0 spiro atoms. The molecule has 0 radical (unpaired) electrons. The van der Waals surface area contributed by atoms with Crippen LogP contribution in [0.2, 0.25) is 0 Å². The van der Waals surface area contributed by atoms with Crippen LogP contribution in [0.15, 0.2) is 12.4 Å². The number of carbonyl (C=O) groups is 1. The van der Waals surface area contributed by atoms with E-state index in [0.29, 0.717) is 12.6 Å². The van der Waals surface area contributed by atoms with Crippen molar-refractivity contribution in [2.24, 2.45) is 7.05 Å². The van der Waals surface area contributed by atoms with Gasteiger partial charge in [-0.3, -0.25) is 4.68 Å². The van der Waals surface area contributed by atoms with Gasteiger partial charge in [-0.25, -0.2) is 4.79 Å². The fourth-order valence-electron chi connectivity index (χ4n) is 2.46. The van der Waals surface area contributed by atoms with E-state index in [-0.39, 0.29) is 6.09 Å². The third-order valence-electron chi connectivity index (χ3n) is 3.43. The first-order chi connectivity index (χ1) is 9.83. The van der Waals surface area contributed by atoms with Crippen molar-refractivity contribution < 1.29 is 9.53 Å². The maximum atomic E-state index is 12.1. The molecule has 1 fully saturated rings. The largest absolute Gasteiger partial charge is 0.444 e. The van der Waals surface area contributed by atoms with Crippen LogP contribution in [-0.2, 0) is 18.3 Å². The molecule has 1 unspecified atom stereocenters. The van der Waals surface area contributed by atoms with Crippen LogP contribution in [-0.4, -0.2) is 45.5 Å². The van der Waals surface area contributed by atoms with Gasteiger partial charge in [-0.2, -0.15) is 5.10 Å². The lowest BCUT2D eigenvalue weighted by Crippen LogP contribution is -2.49. The van der Waals surface area contributed by atoms with Crippen LogP contribution >= 0.6 is 0 Å². The Kier molecular flexibility index (Phi) is 4.88. The molecule has 6 heteroatoms. The monoisotopic (exact) mass is 294 g/mol. The lowest BCUT2D eigenvalue weighted by molar-refractivity contribution is 0.0187. The third kappa shape index (κ3) is 5.04. The number of rotatable bonds is 3. The molecule has 1 amide bonds. The van der Waals surface area contributed by atoms with Crippen LogP contribution in [0, 0.1) is 0 Å². The third-order valence-corrected chi connectivity index (χ3v) is 3.43. The topological polar surface area (TPSA) is 59.4 Å². The van der Waals surface area contributed by atoms with Gasteiger partial charge in [-0.15, -0.1) is 0 Å². The zero-order chi connectivity index (χ0) is 15.5. The number of hydrogen-bond acceptors (Lipinski definition) is 4. The van der Waals surface area contributed by atoms with Crippen LogP contribution < -0.4 is 5.32 Å². The van der Waals surface area contributed by atoms with E-state index in [2.05, 4.69) is 10.4 Å². The number of hydrogen-bond donors (Lipinski definition) is 1. The van der Waals surface area contributed by atoms with Gasteiger partial charge in [-0.05, 0) is 33.6 Å². The molecule has 1 N–H and O–H groups in total. The van der Waals surface area contributed by atoms with Gasteiger partial charge in [0.15, 0.2) is 0 Å². The fraction of sp³-hybridized carbons (Fsp3) is 0.733. The SMILES string of the molecule is Cn1cc(CNC2CCCN(C(=O)OC(C)(C)C)C2)cn1. The predicted molar refractivity (Wildman–Crippen MR) is 80.9 cm³/mol. The van der Waals surface area contributed by atoms with Crippen molar-refractivity contribution in [3.05, 3.63) is 18.0 Å². The van der Waals surface area contributed by atoms with Crippen molar-refractivity contribution in [3.8, 4) is 0 Å². The second kappa shape index (κ2) is 6.47. The number of piperidine rings is 1. The van der Waals surface area contributed by atoms with E-state index in [9.17, 15) is 4.79 Å². The molecule has 6 nitrogen and oxygen atoms in total. The van der Waals surface area contributed by atoms with Crippen molar-refractivity contribution in [3.63, 3.8) is 0 Å². The van der Waals surface area contributed by atoms with E-state index in [1.807, 2.05) is 40.2 Å². The second-order valence-electron chi connectivity index (χ2n) is 6.67. The van der Waals surface area contributed by atoms with Crippen molar-refractivity contribution in [1.82, 2.24) is 20.0 Å². The Morgan fingerprint density at radius 3 is 2.90 bits per heavy atom. The number of nitrogens with one attached hydrogen (secondary N) is 1. The van der Waals surface area contributed by atoms with Crippen molar-refractivity contribution >= 4 is 6.09 Å². The predicted octanol–water partition coefficient (Wildman–Crippen LogP) is 1.91. The molecule has 1 aliphatic rings. The molecular formula is C15H26N4O2. The van der Waals surface area contributed by atoms with Gasteiger partial charge in [0.25, 0.3) is 0 Å². The molecule has 1 aromatic heterocycles. The summed E-state index contributed by atoms with van der Waals surface area (Å²) in [6, 6.07) is 0.312. The molecule has 2 rings (SSSR count). The summed E-state index contributed by atoms with van der Waals surface area (Å²) >= 11 is 0. The lowest BCUT2D eigenvalue weighted by atomic mass is 10.1.